The standard InChI is InChI=1S/C17H20ClN3O4/c1-10-2-3-11(8-14(10)18)19-17(25)21-6-4-20(5-7-21)15(22)12-9-13(12)16(23)24/h2-3,8,12-13H,4-7,9H2,1H3,(H,19,25)(H,23,24). The highest BCUT2D eigenvalue weighted by Gasteiger charge is 2.50. The summed E-state index contributed by atoms with van der Waals surface area (Å²) >= 11 is 6.06. The summed E-state index contributed by atoms with van der Waals surface area (Å²) in [5, 5.41) is 12.3. The number of aliphatic carboxylic acids is 1. The number of hydrogen-bond donors (Lipinski definition) is 2. The van der Waals surface area contributed by atoms with Gasteiger partial charge in [-0.1, -0.05) is 17.7 Å². The van der Waals surface area contributed by atoms with Crippen molar-refractivity contribution in [1.29, 1.82) is 0 Å². The van der Waals surface area contributed by atoms with E-state index in [9.17, 15) is 14.4 Å². The Balaban J connectivity index is 1.50. The maximum atomic E-state index is 12.3. The third-order valence-corrected chi connectivity index (χ3v) is 5.13. The molecule has 1 aliphatic heterocycles. The van der Waals surface area contributed by atoms with Gasteiger partial charge in [0.05, 0.1) is 11.8 Å². The topological polar surface area (TPSA) is 90.0 Å². The molecule has 1 heterocycles. The largest absolute Gasteiger partial charge is 0.481 e. The number of carboxylic acids is 1. The molecule has 1 aliphatic carbocycles. The lowest BCUT2D eigenvalue weighted by Crippen LogP contribution is -2.52. The highest BCUT2D eigenvalue weighted by atomic mass is 35.5. The zero-order valence-corrected chi connectivity index (χ0v) is 14.6. The van der Waals surface area contributed by atoms with E-state index in [0.717, 1.165) is 5.56 Å². The second kappa shape index (κ2) is 6.92. The second-order valence-corrected chi connectivity index (χ2v) is 6.90. The van der Waals surface area contributed by atoms with Crippen LogP contribution in [0.25, 0.3) is 0 Å². The monoisotopic (exact) mass is 365 g/mol. The predicted octanol–water partition coefficient (Wildman–Crippen LogP) is 2.05. The van der Waals surface area contributed by atoms with Gasteiger partial charge in [-0.25, -0.2) is 4.79 Å². The number of hydrogen-bond acceptors (Lipinski definition) is 3. The molecule has 0 bridgehead atoms. The molecule has 8 heteroatoms. The molecule has 134 valence electrons. The maximum Gasteiger partial charge on any atom is 0.321 e. The molecule has 3 amide bonds. The summed E-state index contributed by atoms with van der Waals surface area (Å²) in [5.74, 6) is -1.96. The summed E-state index contributed by atoms with van der Waals surface area (Å²) in [5.41, 5.74) is 1.56. The third-order valence-electron chi connectivity index (χ3n) is 4.73. The Morgan fingerprint density at radius 3 is 2.32 bits per heavy atom. The summed E-state index contributed by atoms with van der Waals surface area (Å²) in [6.07, 6.45) is 0.420. The van der Waals surface area contributed by atoms with Crippen molar-refractivity contribution in [2.45, 2.75) is 13.3 Å². The number of halogens is 1. The number of urea groups is 1. The van der Waals surface area contributed by atoms with Crippen LogP contribution in [0.5, 0.6) is 0 Å². The fourth-order valence-corrected chi connectivity index (χ4v) is 3.16. The number of carbonyl (C=O) groups is 3. The van der Waals surface area contributed by atoms with Crippen LogP contribution in [0, 0.1) is 18.8 Å². The van der Waals surface area contributed by atoms with Gasteiger partial charge >= 0.3 is 12.0 Å². The number of anilines is 1. The summed E-state index contributed by atoms with van der Waals surface area (Å²) in [7, 11) is 0. The summed E-state index contributed by atoms with van der Waals surface area (Å²) in [6, 6.07) is 5.09. The minimum Gasteiger partial charge on any atom is -0.481 e. The normalized spacial score (nSPS) is 22.5. The van der Waals surface area contributed by atoms with Crippen LogP contribution in [0.1, 0.15) is 12.0 Å². The number of aryl methyl sites for hydroxylation is 1. The lowest BCUT2D eigenvalue weighted by Gasteiger charge is -2.34. The molecule has 0 spiro atoms. The average Bonchev–Trinajstić information content (AvgIpc) is 3.38. The van der Waals surface area contributed by atoms with Gasteiger partial charge in [0.25, 0.3) is 0 Å². The molecule has 0 radical (unpaired) electrons. The summed E-state index contributed by atoms with van der Waals surface area (Å²) < 4.78 is 0. The van der Waals surface area contributed by atoms with Crippen molar-refractivity contribution in [1.82, 2.24) is 9.80 Å². The van der Waals surface area contributed by atoms with Gasteiger partial charge in [-0.15, -0.1) is 0 Å². The van der Waals surface area contributed by atoms with Gasteiger partial charge in [-0.05, 0) is 31.0 Å². The molecule has 2 aliphatic rings. The van der Waals surface area contributed by atoms with Gasteiger partial charge in [0.1, 0.15) is 0 Å². The van der Waals surface area contributed by atoms with Crippen LogP contribution >= 0.6 is 11.6 Å². The molecule has 0 aromatic heterocycles. The number of piperazine rings is 1. The van der Waals surface area contributed by atoms with Crippen molar-refractivity contribution >= 4 is 35.2 Å². The van der Waals surface area contributed by atoms with Gasteiger partial charge in [0.15, 0.2) is 0 Å². The molecule has 25 heavy (non-hydrogen) atoms. The number of rotatable bonds is 3. The van der Waals surface area contributed by atoms with E-state index < -0.39 is 17.8 Å². The lowest BCUT2D eigenvalue weighted by atomic mass is 10.2. The number of carbonyl (C=O) groups excluding carboxylic acids is 2. The number of nitrogens with one attached hydrogen (secondary N) is 1. The van der Waals surface area contributed by atoms with Crippen LogP contribution in [-0.4, -0.2) is 59.0 Å². The van der Waals surface area contributed by atoms with Gasteiger partial charge in [-0.2, -0.15) is 0 Å². The van der Waals surface area contributed by atoms with E-state index in [4.69, 9.17) is 16.7 Å². The molecule has 2 N–H and O–H groups in total. The van der Waals surface area contributed by atoms with E-state index in [0.29, 0.717) is 43.3 Å². The molecule has 1 saturated heterocycles. The fourth-order valence-electron chi connectivity index (χ4n) is 2.98. The van der Waals surface area contributed by atoms with Crippen LogP contribution in [-0.2, 0) is 9.59 Å². The Morgan fingerprint density at radius 1 is 1.12 bits per heavy atom. The first kappa shape index (κ1) is 17.5. The van der Waals surface area contributed by atoms with E-state index in [1.54, 1.807) is 21.9 Å². The molecule has 2 unspecified atom stereocenters. The van der Waals surface area contributed by atoms with Crippen LogP contribution in [0.2, 0.25) is 5.02 Å². The maximum absolute atomic E-state index is 12.3. The minimum absolute atomic E-state index is 0.113. The molecular formula is C17H20ClN3O4. The molecule has 7 nitrogen and oxygen atoms in total. The van der Waals surface area contributed by atoms with E-state index in [1.807, 2.05) is 13.0 Å². The van der Waals surface area contributed by atoms with Crippen LogP contribution in [0.15, 0.2) is 18.2 Å². The molecule has 2 fully saturated rings. The highest BCUT2D eigenvalue weighted by Crippen LogP contribution is 2.40. The van der Waals surface area contributed by atoms with Crippen molar-refractivity contribution < 1.29 is 19.5 Å². The number of nitrogens with zero attached hydrogens (tertiary/aromatic N) is 2. The third kappa shape index (κ3) is 3.87. The smallest absolute Gasteiger partial charge is 0.321 e. The second-order valence-electron chi connectivity index (χ2n) is 6.49. The molecule has 1 saturated carbocycles. The van der Waals surface area contributed by atoms with Crippen molar-refractivity contribution in [2.75, 3.05) is 31.5 Å². The predicted molar refractivity (Wildman–Crippen MR) is 92.6 cm³/mol. The minimum atomic E-state index is -0.909. The van der Waals surface area contributed by atoms with Crippen LogP contribution in [0.3, 0.4) is 0 Å². The zero-order valence-electron chi connectivity index (χ0n) is 13.9. The van der Waals surface area contributed by atoms with Crippen LogP contribution in [0.4, 0.5) is 10.5 Å². The number of amides is 3. The Labute approximate surface area is 150 Å². The Hall–Kier alpha value is -2.28. The van der Waals surface area contributed by atoms with E-state index in [1.165, 1.54) is 0 Å². The molecule has 2 atom stereocenters. The summed E-state index contributed by atoms with van der Waals surface area (Å²) in [6.45, 7) is 3.57. The highest BCUT2D eigenvalue weighted by molar-refractivity contribution is 6.31. The van der Waals surface area contributed by atoms with Crippen molar-refractivity contribution in [3.63, 3.8) is 0 Å². The van der Waals surface area contributed by atoms with Crippen molar-refractivity contribution in [2.24, 2.45) is 11.8 Å². The average molecular weight is 366 g/mol. The summed E-state index contributed by atoms with van der Waals surface area (Å²) in [4.78, 5) is 38.7. The van der Waals surface area contributed by atoms with Crippen molar-refractivity contribution in [3.8, 4) is 0 Å². The number of carboxylic acid groups (broad SMARTS) is 1. The number of benzene rings is 1. The van der Waals surface area contributed by atoms with Gasteiger partial charge in [0, 0.05) is 36.9 Å². The lowest BCUT2D eigenvalue weighted by molar-refractivity contribution is -0.142. The molecule has 1 aromatic carbocycles. The quantitative estimate of drug-likeness (QED) is 0.857. The van der Waals surface area contributed by atoms with E-state index in [-0.39, 0.29) is 11.9 Å². The van der Waals surface area contributed by atoms with E-state index >= 15 is 0 Å². The van der Waals surface area contributed by atoms with Crippen LogP contribution < -0.4 is 5.32 Å². The molecular weight excluding hydrogens is 346 g/mol. The van der Waals surface area contributed by atoms with Gasteiger partial charge in [-0.3, -0.25) is 9.59 Å². The molecule has 1 aromatic rings. The van der Waals surface area contributed by atoms with E-state index in [2.05, 4.69) is 5.32 Å². The first-order valence-corrected chi connectivity index (χ1v) is 8.58. The Bertz CT molecular complexity index is 716. The fraction of sp³-hybridized carbons (Fsp3) is 0.471. The zero-order chi connectivity index (χ0) is 18.1. The van der Waals surface area contributed by atoms with Gasteiger partial charge < -0.3 is 20.2 Å². The Morgan fingerprint density at radius 2 is 1.76 bits per heavy atom. The first-order valence-electron chi connectivity index (χ1n) is 8.20. The first-order chi connectivity index (χ1) is 11.9. The Kier molecular flexibility index (Phi) is 4.85. The van der Waals surface area contributed by atoms with Crippen molar-refractivity contribution in [3.05, 3.63) is 28.8 Å². The SMILES string of the molecule is Cc1ccc(NC(=O)N2CCN(C(=O)C3CC3C(=O)O)CC2)cc1Cl. The van der Waals surface area contributed by atoms with Gasteiger partial charge in [0.2, 0.25) is 5.91 Å². The molecule has 3 rings (SSSR count).